The summed E-state index contributed by atoms with van der Waals surface area (Å²) in [5.74, 6) is 1.38. The van der Waals surface area contributed by atoms with Crippen LogP contribution in [0.2, 0.25) is 0 Å². The zero-order valence-corrected chi connectivity index (χ0v) is 19.3. The molecular formula is C26H32N2O4. The van der Waals surface area contributed by atoms with Gasteiger partial charge in [0.05, 0.1) is 20.3 Å². The molecule has 2 aliphatic rings. The highest BCUT2D eigenvalue weighted by Crippen LogP contribution is 2.39. The van der Waals surface area contributed by atoms with E-state index in [-0.39, 0.29) is 18.1 Å². The first-order valence-electron chi connectivity index (χ1n) is 11.2. The smallest absolute Gasteiger partial charge is 0.223 e. The number of aliphatic hydroxyl groups is 1. The number of carbonyl (C=O) groups excluding carboxylic acids is 1. The number of ether oxygens (including phenoxy) is 2. The quantitative estimate of drug-likeness (QED) is 0.789. The van der Waals surface area contributed by atoms with Crippen molar-refractivity contribution in [2.24, 2.45) is 0 Å². The molecule has 2 aliphatic heterocycles. The summed E-state index contributed by atoms with van der Waals surface area (Å²) in [6.45, 7) is 5.39. The predicted octanol–water partition coefficient (Wildman–Crippen LogP) is 3.85. The van der Waals surface area contributed by atoms with Gasteiger partial charge < -0.3 is 24.4 Å². The number of methoxy groups -OCH3 is 2. The lowest BCUT2D eigenvalue weighted by atomic mass is 9.92. The number of aliphatic hydroxyl groups excluding tert-OH is 1. The average Bonchev–Trinajstić information content (AvgIpc) is 2.94. The molecule has 2 heterocycles. The summed E-state index contributed by atoms with van der Waals surface area (Å²) >= 11 is 0. The van der Waals surface area contributed by atoms with Crippen molar-refractivity contribution in [3.8, 4) is 11.5 Å². The second-order valence-electron chi connectivity index (χ2n) is 8.65. The first-order chi connectivity index (χ1) is 15.4. The molecule has 0 bridgehead atoms. The lowest BCUT2D eigenvalue weighted by Gasteiger charge is -2.31. The van der Waals surface area contributed by atoms with E-state index in [1.165, 1.54) is 0 Å². The summed E-state index contributed by atoms with van der Waals surface area (Å²) in [5, 5.41) is 9.79. The molecule has 0 spiro atoms. The molecule has 6 heteroatoms. The molecule has 2 aromatic rings. The summed E-state index contributed by atoms with van der Waals surface area (Å²) < 4.78 is 11.1. The molecule has 1 atom stereocenters. The third-order valence-corrected chi connectivity index (χ3v) is 6.53. The van der Waals surface area contributed by atoms with E-state index in [1.54, 1.807) is 21.1 Å². The molecular weight excluding hydrogens is 404 g/mol. The Balaban J connectivity index is 1.76. The maximum Gasteiger partial charge on any atom is 0.223 e. The Morgan fingerprint density at radius 1 is 1.03 bits per heavy atom. The van der Waals surface area contributed by atoms with Crippen molar-refractivity contribution in [1.82, 2.24) is 4.90 Å². The summed E-state index contributed by atoms with van der Waals surface area (Å²) in [6.07, 6.45) is 4.10. The molecule has 1 N–H and O–H groups in total. The maximum absolute atomic E-state index is 12.4. The van der Waals surface area contributed by atoms with E-state index in [0.717, 1.165) is 60.3 Å². The minimum atomic E-state index is -0.190. The van der Waals surface area contributed by atoms with Gasteiger partial charge in [0.1, 0.15) is 0 Å². The second kappa shape index (κ2) is 9.25. The van der Waals surface area contributed by atoms with E-state index in [0.29, 0.717) is 11.5 Å². The molecule has 0 aromatic heterocycles. The highest BCUT2D eigenvalue weighted by atomic mass is 16.5. The van der Waals surface area contributed by atoms with Gasteiger partial charge >= 0.3 is 0 Å². The lowest BCUT2D eigenvalue weighted by Crippen LogP contribution is -2.35. The van der Waals surface area contributed by atoms with Crippen LogP contribution in [0.1, 0.15) is 43.4 Å². The van der Waals surface area contributed by atoms with E-state index in [4.69, 9.17) is 9.47 Å². The Morgan fingerprint density at radius 3 is 2.25 bits per heavy atom. The van der Waals surface area contributed by atoms with Gasteiger partial charge in [0.15, 0.2) is 11.5 Å². The Labute approximate surface area is 190 Å². The SMILES string of the molecule is COc1cc2c(cc1OC)C(c1ccc(N3CCC(O)CC3)cc1)=CN(C(C)=O)C(C)C2. The number of carbonyl (C=O) groups is 1. The zero-order chi connectivity index (χ0) is 22.8. The van der Waals surface area contributed by atoms with Crippen LogP contribution in [0.5, 0.6) is 11.5 Å². The number of hydrogen-bond acceptors (Lipinski definition) is 5. The van der Waals surface area contributed by atoms with Crippen LogP contribution < -0.4 is 14.4 Å². The standard InChI is InChI=1S/C26H32N2O4/c1-17-13-20-14-25(31-3)26(32-4)15-23(20)24(16-28(17)18(2)29)19-5-7-21(8-6-19)27-11-9-22(30)10-12-27/h5-8,14-17,22,30H,9-13H2,1-4H3. The van der Waals surface area contributed by atoms with Crippen molar-refractivity contribution in [3.05, 3.63) is 59.3 Å². The Hall–Kier alpha value is -2.99. The number of nitrogens with zero attached hydrogens (tertiary/aromatic N) is 2. The fourth-order valence-electron chi connectivity index (χ4n) is 4.70. The van der Waals surface area contributed by atoms with Crippen LogP contribution in [0.25, 0.3) is 5.57 Å². The van der Waals surface area contributed by atoms with Crippen molar-refractivity contribution < 1.29 is 19.4 Å². The fraction of sp³-hybridized carbons (Fsp3) is 0.423. The molecule has 1 unspecified atom stereocenters. The Kier molecular flexibility index (Phi) is 6.42. The number of benzene rings is 2. The van der Waals surface area contributed by atoms with E-state index in [9.17, 15) is 9.90 Å². The van der Waals surface area contributed by atoms with Crippen LogP contribution >= 0.6 is 0 Å². The van der Waals surface area contributed by atoms with E-state index in [1.807, 2.05) is 23.2 Å². The van der Waals surface area contributed by atoms with Crippen LogP contribution in [0.15, 0.2) is 42.6 Å². The van der Waals surface area contributed by atoms with Crippen molar-refractivity contribution in [2.75, 3.05) is 32.2 Å². The van der Waals surface area contributed by atoms with Crippen molar-refractivity contribution in [1.29, 1.82) is 0 Å². The number of amides is 1. The minimum absolute atomic E-state index is 0.0187. The van der Waals surface area contributed by atoms with Crippen LogP contribution in [0.3, 0.4) is 0 Å². The van der Waals surface area contributed by atoms with E-state index in [2.05, 4.69) is 36.1 Å². The van der Waals surface area contributed by atoms with Crippen LogP contribution in [0.4, 0.5) is 5.69 Å². The number of rotatable bonds is 4. The molecule has 0 radical (unpaired) electrons. The molecule has 1 saturated heterocycles. The number of piperidine rings is 1. The Morgan fingerprint density at radius 2 is 1.66 bits per heavy atom. The minimum Gasteiger partial charge on any atom is -0.493 e. The third-order valence-electron chi connectivity index (χ3n) is 6.53. The van der Waals surface area contributed by atoms with Gasteiger partial charge in [-0.25, -0.2) is 0 Å². The molecule has 0 aliphatic carbocycles. The number of fused-ring (bicyclic) bond motifs is 1. The molecule has 0 saturated carbocycles. The normalized spacial score (nSPS) is 19.2. The first kappa shape index (κ1) is 22.2. The highest BCUT2D eigenvalue weighted by molar-refractivity contribution is 5.87. The van der Waals surface area contributed by atoms with Gasteiger partial charge in [0.2, 0.25) is 5.91 Å². The van der Waals surface area contributed by atoms with Gasteiger partial charge in [0.25, 0.3) is 0 Å². The van der Waals surface area contributed by atoms with Crippen molar-refractivity contribution >= 4 is 17.2 Å². The second-order valence-corrected chi connectivity index (χ2v) is 8.65. The predicted molar refractivity (Wildman–Crippen MR) is 126 cm³/mol. The summed E-state index contributed by atoms with van der Waals surface area (Å²) in [6, 6.07) is 12.5. The van der Waals surface area contributed by atoms with Crippen molar-refractivity contribution in [2.45, 2.75) is 45.3 Å². The largest absolute Gasteiger partial charge is 0.493 e. The van der Waals surface area contributed by atoms with Gasteiger partial charge in [-0.3, -0.25) is 4.79 Å². The molecule has 2 aromatic carbocycles. The number of anilines is 1. The summed E-state index contributed by atoms with van der Waals surface area (Å²) in [5.41, 5.74) is 5.35. The van der Waals surface area contributed by atoms with Gasteiger partial charge in [-0.05, 0) is 67.1 Å². The number of hydrogen-bond donors (Lipinski definition) is 1. The molecule has 1 fully saturated rings. The lowest BCUT2D eigenvalue weighted by molar-refractivity contribution is -0.127. The van der Waals surface area contributed by atoms with Crippen molar-refractivity contribution in [3.63, 3.8) is 0 Å². The fourth-order valence-corrected chi connectivity index (χ4v) is 4.70. The van der Waals surface area contributed by atoms with Gasteiger partial charge in [-0.15, -0.1) is 0 Å². The molecule has 170 valence electrons. The van der Waals surface area contributed by atoms with Crippen LogP contribution in [-0.2, 0) is 11.2 Å². The summed E-state index contributed by atoms with van der Waals surface area (Å²) in [7, 11) is 3.28. The zero-order valence-electron chi connectivity index (χ0n) is 19.3. The van der Waals surface area contributed by atoms with Gasteiger partial charge in [0, 0.05) is 43.5 Å². The molecule has 1 amide bonds. The monoisotopic (exact) mass is 436 g/mol. The van der Waals surface area contributed by atoms with E-state index >= 15 is 0 Å². The van der Waals surface area contributed by atoms with Gasteiger partial charge in [-0.1, -0.05) is 12.1 Å². The van der Waals surface area contributed by atoms with Crippen LogP contribution in [-0.4, -0.2) is 55.4 Å². The van der Waals surface area contributed by atoms with Gasteiger partial charge in [-0.2, -0.15) is 0 Å². The highest BCUT2D eigenvalue weighted by Gasteiger charge is 2.26. The first-order valence-corrected chi connectivity index (χ1v) is 11.2. The van der Waals surface area contributed by atoms with E-state index < -0.39 is 0 Å². The maximum atomic E-state index is 12.4. The third kappa shape index (κ3) is 4.32. The average molecular weight is 437 g/mol. The molecule has 32 heavy (non-hydrogen) atoms. The summed E-state index contributed by atoms with van der Waals surface area (Å²) in [4.78, 5) is 16.6. The Bertz CT molecular complexity index is 1010. The molecule has 4 rings (SSSR count). The topological polar surface area (TPSA) is 62.2 Å². The van der Waals surface area contributed by atoms with Crippen LogP contribution in [0, 0.1) is 0 Å². The molecule has 6 nitrogen and oxygen atoms in total.